The van der Waals surface area contributed by atoms with Crippen molar-refractivity contribution < 1.29 is 5.21 Å². The molecule has 1 aliphatic carbocycles. The quantitative estimate of drug-likeness (QED) is 0.377. The van der Waals surface area contributed by atoms with E-state index in [1.54, 1.807) is 0 Å². The third-order valence-electron chi connectivity index (χ3n) is 4.17. The highest BCUT2D eigenvalue weighted by atomic mass is 16.4. The summed E-state index contributed by atoms with van der Waals surface area (Å²) in [5.74, 6) is 0.767. The third-order valence-corrected chi connectivity index (χ3v) is 4.17. The zero-order valence-electron chi connectivity index (χ0n) is 13.3. The number of nitrogens with zero attached hydrogens (tertiary/aromatic N) is 2. The topological polar surface area (TPSA) is 61.9 Å². The molecule has 1 saturated carbocycles. The van der Waals surface area contributed by atoms with E-state index in [4.69, 9.17) is 10.9 Å². The van der Waals surface area contributed by atoms with Crippen LogP contribution in [-0.4, -0.2) is 23.6 Å². The number of aryl methyl sites for hydroxylation is 1. The summed E-state index contributed by atoms with van der Waals surface area (Å²) < 4.78 is 0. The maximum Gasteiger partial charge on any atom is 0.172 e. The van der Waals surface area contributed by atoms with Crippen molar-refractivity contribution in [2.75, 3.05) is 11.4 Å². The molecular formula is C17H27N3O. The summed E-state index contributed by atoms with van der Waals surface area (Å²) in [5, 5.41) is 12.3. The minimum Gasteiger partial charge on any atom is -0.409 e. The van der Waals surface area contributed by atoms with Gasteiger partial charge in [-0.05, 0) is 43.4 Å². The summed E-state index contributed by atoms with van der Waals surface area (Å²) in [6.45, 7) is 7.56. The Morgan fingerprint density at radius 1 is 1.38 bits per heavy atom. The van der Waals surface area contributed by atoms with E-state index in [0.29, 0.717) is 12.0 Å². The van der Waals surface area contributed by atoms with Gasteiger partial charge in [0.05, 0.1) is 0 Å². The molecule has 1 aromatic carbocycles. The van der Waals surface area contributed by atoms with E-state index in [1.807, 2.05) is 12.1 Å². The van der Waals surface area contributed by atoms with Crippen LogP contribution in [0.1, 0.15) is 50.7 Å². The number of hydrogen-bond donors (Lipinski definition) is 2. The number of anilines is 1. The first-order valence-corrected chi connectivity index (χ1v) is 7.88. The maximum absolute atomic E-state index is 9.06. The van der Waals surface area contributed by atoms with Crippen LogP contribution in [-0.2, 0) is 0 Å². The maximum atomic E-state index is 9.06. The molecule has 21 heavy (non-hydrogen) atoms. The van der Waals surface area contributed by atoms with Crippen LogP contribution in [0.25, 0.3) is 0 Å². The molecule has 0 heterocycles. The molecule has 116 valence electrons. The Balaban J connectivity index is 2.44. The molecule has 0 spiro atoms. The van der Waals surface area contributed by atoms with Crippen LogP contribution < -0.4 is 10.6 Å². The van der Waals surface area contributed by atoms with E-state index in [9.17, 15) is 0 Å². The van der Waals surface area contributed by atoms with Crippen molar-refractivity contribution in [1.82, 2.24) is 0 Å². The van der Waals surface area contributed by atoms with Gasteiger partial charge >= 0.3 is 0 Å². The van der Waals surface area contributed by atoms with Crippen molar-refractivity contribution in [3.8, 4) is 0 Å². The zero-order valence-corrected chi connectivity index (χ0v) is 13.3. The van der Waals surface area contributed by atoms with Crippen molar-refractivity contribution >= 4 is 11.5 Å². The summed E-state index contributed by atoms with van der Waals surface area (Å²) in [5.41, 5.74) is 9.02. The van der Waals surface area contributed by atoms with E-state index in [1.165, 1.54) is 31.2 Å². The van der Waals surface area contributed by atoms with Crippen LogP contribution in [0.15, 0.2) is 23.4 Å². The van der Waals surface area contributed by atoms with Gasteiger partial charge in [-0.1, -0.05) is 37.9 Å². The van der Waals surface area contributed by atoms with Gasteiger partial charge in [-0.3, -0.25) is 0 Å². The molecule has 4 nitrogen and oxygen atoms in total. The molecule has 0 bridgehead atoms. The van der Waals surface area contributed by atoms with Crippen LogP contribution in [0.5, 0.6) is 0 Å². The SMILES string of the molecule is Cc1ccc(/C(N)=N/O)c(N(CC(C)C)C2CCCC2)c1. The van der Waals surface area contributed by atoms with Gasteiger partial charge in [-0.15, -0.1) is 0 Å². The summed E-state index contributed by atoms with van der Waals surface area (Å²) in [7, 11) is 0. The minimum absolute atomic E-state index is 0.191. The van der Waals surface area contributed by atoms with Crippen LogP contribution >= 0.6 is 0 Å². The second-order valence-electron chi connectivity index (χ2n) is 6.49. The summed E-state index contributed by atoms with van der Waals surface area (Å²) in [6.07, 6.45) is 5.06. The van der Waals surface area contributed by atoms with E-state index in [2.05, 4.69) is 36.9 Å². The van der Waals surface area contributed by atoms with Crippen molar-refractivity contribution in [3.63, 3.8) is 0 Å². The lowest BCUT2D eigenvalue weighted by Gasteiger charge is -2.34. The fourth-order valence-corrected chi connectivity index (χ4v) is 3.20. The molecule has 0 atom stereocenters. The molecular weight excluding hydrogens is 262 g/mol. The van der Waals surface area contributed by atoms with Gasteiger partial charge in [0.1, 0.15) is 0 Å². The smallest absolute Gasteiger partial charge is 0.172 e. The molecule has 3 N–H and O–H groups in total. The lowest BCUT2D eigenvalue weighted by Crippen LogP contribution is -2.38. The second-order valence-corrected chi connectivity index (χ2v) is 6.49. The first kappa shape index (κ1) is 15.7. The van der Waals surface area contributed by atoms with E-state index < -0.39 is 0 Å². The number of amidine groups is 1. The first-order chi connectivity index (χ1) is 10.0. The summed E-state index contributed by atoms with van der Waals surface area (Å²) >= 11 is 0. The van der Waals surface area contributed by atoms with Crippen molar-refractivity contribution in [1.29, 1.82) is 0 Å². The molecule has 0 amide bonds. The number of oxime groups is 1. The van der Waals surface area contributed by atoms with E-state index in [0.717, 1.165) is 17.8 Å². The summed E-state index contributed by atoms with van der Waals surface area (Å²) in [4.78, 5) is 2.47. The van der Waals surface area contributed by atoms with Crippen molar-refractivity contribution in [3.05, 3.63) is 29.3 Å². The normalized spacial score (nSPS) is 16.7. The Labute approximate surface area is 127 Å². The van der Waals surface area contributed by atoms with Crippen LogP contribution in [0.2, 0.25) is 0 Å². The van der Waals surface area contributed by atoms with Gasteiger partial charge in [0, 0.05) is 23.8 Å². The predicted octanol–water partition coefficient (Wildman–Crippen LogP) is 3.49. The highest BCUT2D eigenvalue weighted by molar-refractivity contribution is 6.02. The highest BCUT2D eigenvalue weighted by Crippen LogP contribution is 2.32. The summed E-state index contributed by atoms with van der Waals surface area (Å²) in [6, 6.07) is 6.70. The Bertz CT molecular complexity index is 505. The number of benzene rings is 1. The van der Waals surface area contributed by atoms with E-state index >= 15 is 0 Å². The zero-order chi connectivity index (χ0) is 15.4. The number of rotatable bonds is 5. The molecule has 0 saturated heterocycles. The lowest BCUT2D eigenvalue weighted by molar-refractivity contribution is 0.318. The van der Waals surface area contributed by atoms with Gasteiger partial charge in [0.25, 0.3) is 0 Å². The fourth-order valence-electron chi connectivity index (χ4n) is 3.20. The Kier molecular flexibility index (Phi) is 5.10. The average molecular weight is 289 g/mol. The lowest BCUT2D eigenvalue weighted by atomic mass is 10.0. The van der Waals surface area contributed by atoms with Crippen LogP contribution in [0.3, 0.4) is 0 Å². The van der Waals surface area contributed by atoms with Gasteiger partial charge in [-0.25, -0.2) is 0 Å². The Hall–Kier alpha value is -1.71. The first-order valence-electron chi connectivity index (χ1n) is 7.88. The van der Waals surface area contributed by atoms with E-state index in [-0.39, 0.29) is 5.84 Å². The predicted molar refractivity (Wildman–Crippen MR) is 88.1 cm³/mol. The largest absolute Gasteiger partial charge is 0.409 e. The van der Waals surface area contributed by atoms with Crippen molar-refractivity contribution in [2.24, 2.45) is 16.8 Å². The number of nitrogens with two attached hydrogens (primary N) is 1. The van der Waals surface area contributed by atoms with Gasteiger partial charge in [-0.2, -0.15) is 0 Å². The second kappa shape index (κ2) is 6.83. The van der Waals surface area contributed by atoms with Gasteiger partial charge in [0.15, 0.2) is 5.84 Å². The molecule has 4 heteroatoms. The molecule has 1 fully saturated rings. The van der Waals surface area contributed by atoms with Gasteiger partial charge in [0.2, 0.25) is 0 Å². The molecule has 0 aliphatic heterocycles. The average Bonchev–Trinajstić information content (AvgIpc) is 2.97. The molecule has 0 aromatic heterocycles. The fraction of sp³-hybridized carbons (Fsp3) is 0.588. The van der Waals surface area contributed by atoms with Crippen molar-refractivity contribution in [2.45, 2.75) is 52.5 Å². The molecule has 0 unspecified atom stereocenters. The van der Waals surface area contributed by atoms with Crippen LogP contribution in [0.4, 0.5) is 5.69 Å². The highest BCUT2D eigenvalue weighted by Gasteiger charge is 2.26. The van der Waals surface area contributed by atoms with Gasteiger partial charge < -0.3 is 15.8 Å². The minimum atomic E-state index is 0.191. The Morgan fingerprint density at radius 2 is 2.05 bits per heavy atom. The third kappa shape index (κ3) is 3.69. The number of hydrogen-bond acceptors (Lipinski definition) is 3. The van der Waals surface area contributed by atoms with Crippen LogP contribution in [0, 0.1) is 12.8 Å². The standard InChI is InChI=1S/C17H27N3O/c1-12(2)11-20(14-6-4-5-7-14)16-10-13(3)8-9-15(16)17(18)19-21/h8-10,12,14,21H,4-7,11H2,1-3H3,(H2,18,19). The molecule has 1 aromatic rings. The molecule has 1 aliphatic rings. The molecule has 2 rings (SSSR count). The Morgan fingerprint density at radius 3 is 2.62 bits per heavy atom. The monoisotopic (exact) mass is 289 g/mol. The molecule has 0 radical (unpaired) electrons.